The van der Waals surface area contributed by atoms with E-state index < -0.39 is 0 Å². The summed E-state index contributed by atoms with van der Waals surface area (Å²) in [6.45, 7) is 13.6. The number of hydrogen-bond acceptors (Lipinski definition) is 1. The van der Waals surface area contributed by atoms with Crippen LogP contribution in [0.2, 0.25) is 0 Å². The molecule has 2 aromatic rings. The van der Waals surface area contributed by atoms with Gasteiger partial charge in [-0.2, -0.15) is 0 Å². The fraction of sp³-hybridized carbons (Fsp3) is 0.476. The van der Waals surface area contributed by atoms with E-state index in [1.54, 1.807) is 0 Å². The van der Waals surface area contributed by atoms with E-state index in [-0.39, 0.29) is 0 Å². The maximum atomic E-state index is 4.64. The molecule has 0 N–H and O–H groups in total. The Kier molecular flexibility index (Phi) is 4.75. The molecule has 0 spiro atoms. The molecule has 0 unspecified atom stereocenters. The first-order chi connectivity index (χ1) is 10.1. The highest BCUT2D eigenvalue weighted by molar-refractivity contribution is 5.59. The smallest absolute Gasteiger partial charge is 0.0702 e. The third-order valence-electron chi connectivity index (χ3n) is 3.54. The van der Waals surface area contributed by atoms with Crippen LogP contribution in [0.1, 0.15) is 52.7 Å². The molecule has 0 bridgehead atoms. The molecule has 0 fully saturated rings. The molecule has 1 nitrogen and oxygen atoms in total. The molecule has 2 rings (SSSR count). The maximum absolute atomic E-state index is 4.64. The van der Waals surface area contributed by atoms with E-state index in [2.05, 4.69) is 82.9 Å². The summed E-state index contributed by atoms with van der Waals surface area (Å²) in [7, 11) is 0. The van der Waals surface area contributed by atoms with Crippen molar-refractivity contribution in [2.45, 2.75) is 54.4 Å². The van der Waals surface area contributed by atoms with E-state index in [1.165, 1.54) is 16.7 Å². The highest BCUT2D eigenvalue weighted by Gasteiger charge is 2.12. The Labute approximate surface area is 135 Å². The van der Waals surface area contributed by atoms with E-state index in [0.29, 0.717) is 10.8 Å². The van der Waals surface area contributed by atoms with Crippen molar-refractivity contribution in [3.05, 3.63) is 53.7 Å². The quantitative estimate of drug-likeness (QED) is 0.684. The predicted octanol–water partition coefficient (Wildman–Crippen LogP) is 5.93. The van der Waals surface area contributed by atoms with Gasteiger partial charge in [-0.05, 0) is 40.9 Å². The van der Waals surface area contributed by atoms with Crippen molar-refractivity contribution < 1.29 is 0 Å². The number of aromatic nitrogens is 1. The van der Waals surface area contributed by atoms with Crippen LogP contribution in [0.4, 0.5) is 0 Å². The summed E-state index contributed by atoms with van der Waals surface area (Å²) in [5.41, 5.74) is 5.58. The molecule has 0 aliphatic heterocycles. The molecule has 1 aromatic carbocycles. The minimum Gasteiger partial charge on any atom is -0.256 e. The number of nitrogens with zero attached hydrogens (tertiary/aromatic N) is 1. The second kappa shape index (κ2) is 6.24. The van der Waals surface area contributed by atoms with Gasteiger partial charge in [-0.15, -0.1) is 0 Å². The third kappa shape index (κ3) is 5.29. The summed E-state index contributed by atoms with van der Waals surface area (Å²) in [5.74, 6) is 0. The zero-order valence-electron chi connectivity index (χ0n) is 14.9. The van der Waals surface area contributed by atoms with Gasteiger partial charge in [0.05, 0.1) is 5.69 Å². The van der Waals surface area contributed by atoms with Gasteiger partial charge in [0.15, 0.2) is 0 Å². The van der Waals surface area contributed by atoms with Gasteiger partial charge in [-0.3, -0.25) is 4.98 Å². The van der Waals surface area contributed by atoms with Crippen molar-refractivity contribution >= 4 is 0 Å². The van der Waals surface area contributed by atoms with Crippen molar-refractivity contribution in [3.8, 4) is 11.3 Å². The third-order valence-corrected chi connectivity index (χ3v) is 3.54. The lowest BCUT2D eigenvalue weighted by Gasteiger charge is -2.18. The number of pyridine rings is 1. The first-order valence-corrected chi connectivity index (χ1v) is 8.17. The normalized spacial score (nSPS) is 12.5. The first kappa shape index (κ1) is 16.7. The van der Waals surface area contributed by atoms with Crippen LogP contribution in [-0.4, -0.2) is 4.98 Å². The van der Waals surface area contributed by atoms with Gasteiger partial charge in [0.25, 0.3) is 0 Å². The van der Waals surface area contributed by atoms with Crippen molar-refractivity contribution in [2.75, 3.05) is 0 Å². The topological polar surface area (TPSA) is 12.9 Å². The van der Waals surface area contributed by atoms with Crippen molar-refractivity contribution in [2.24, 2.45) is 10.8 Å². The van der Waals surface area contributed by atoms with E-state index in [0.717, 1.165) is 18.5 Å². The van der Waals surface area contributed by atoms with Gasteiger partial charge in [0.2, 0.25) is 0 Å². The van der Waals surface area contributed by atoms with E-state index in [1.807, 2.05) is 6.20 Å². The average Bonchev–Trinajstić information content (AvgIpc) is 2.37. The fourth-order valence-electron chi connectivity index (χ4n) is 2.72. The molecule has 0 atom stereocenters. The largest absolute Gasteiger partial charge is 0.256 e. The van der Waals surface area contributed by atoms with Gasteiger partial charge >= 0.3 is 0 Å². The summed E-state index contributed by atoms with van der Waals surface area (Å²) in [6.07, 6.45) is 4.18. The number of benzene rings is 1. The minimum atomic E-state index is 0.303. The average molecular weight is 295 g/mol. The molecule has 1 heteroatoms. The highest BCUT2D eigenvalue weighted by atomic mass is 14.7. The lowest BCUT2D eigenvalue weighted by Crippen LogP contribution is -2.09. The molecule has 0 amide bonds. The number of hydrogen-bond donors (Lipinski definition) is 0. The fourth-order valence-corrected chi connectivity index (χ4v) is 2.72. The Morgan fingerprint density at radius 2 is 1.18 bits per heavy atom. The molecule has 1 heterocycles. The zero-order valence-corrected chi connectivity index (χ0v) is 14.9. The summed E-state index contributed by atoms with van der Waals surface area (Å²) in [6, 6.07) is 13.2. The Morgan fingerprint density at radius 1 is 0.682 bits per heavy atom. The molecule has 0 aliphatic carbocycles. The van der Waals surface area contributed by atoms with Crippen LogP contribution in [0, 0.1) is 10.8 Å². The van der Waals surface area contributed by atoms with Crippen molar-refractivity contribution in [1.82, 2.24) is 4.98 Å². The Balaban J connectivity index is 2.12. The van der Waals surface area contributed by atoms with Gasteiger partial charge < -0.3 is 0 Å². The first-order valence-electron chi connectivity index (χ1n) is 8.17. The highest BCUT2D eigenvalue weighted by Crippen LogP contribution is 2.25. The standard InChI is InChI=1S/C21H29N/c1-20(2,3)13-16-7-10-18(11-8-16)19-12-9-17(15-22-19)14-21(4,5)6/h7-12,15H,13-14H2,1-6H3. The monoisotopic (exact) mass is 295 g/mol. The zero-order chi connectivity index (χ0) is 16.4. The SMILES string of the molecule is CC(C)(C)Cc1ccc(-c2ccc(CC(C)(C)C)cn2)cc1. The van der Waals surface area contributed by atoms with Crippen molar-refractivity contribution in [1.29, 1.82) is 0 Å². The van der Waals surface area contributed by atoms with Crippen LogP contribution < -0.4 is 0 Å². The molecular formula is C21H29N. The number of rotatable bonds is 3. The van der Waals surface area contributed by atoms with Crippen LogP contribution in [0.15, 0.2) is 42.6 Å². The second-order valence-corrected chi connectivity index (χ2v) is 8.72. The van der Waals surface area contributed by atoms with Crippen LogP contribution >= 0.6 is 0 Å². The Bertz CT molecular complexity index is 535. The van der Waals surface area contributed by atoms with Crippen LogP contribution in [-0.2, 0) is 12.8 Å². The van der Waals surface area contributed by atoms with Crippen LogP contribution in [0.25, 0.3) is 11.3 Å². The molecular weight excluding hydrogens is 266 g/mol. The molecule has 118 valence electrons. The molecule has 0 aliphatic rings. The Morgan fingerprint density at radius 3 is 1.64 bits per heavy atom. The summed E-state index contributed by atoms with van der Waals surface area (Å²) in [4.78, 5) is 4.64. The lowest BCUT2D eigenvalue weighted by molar-refractivity contribution is 0.410. The van der Waals surface area contributed by atoms with Gasteiger partial charge in [0.1, 0.15) is 0 Å². The lowest BCUT2D eigenvalue weighted by atomic mass is 9.87. The summed E-state index contributed by atoms with van der Waals surface area (Å²) >= 11 is 0. The predicted molar refractivity (Wildman–Crippen MR) is 96.0 cm³/mol. The minimum absolute atomic E-state index is 0.303. The van der Waals surface area contributed by atoms with Gasteiger partial charge in [-0.1, -0.05) is 71.9 Å². The second-order valence-electron chi connectivity index (χ2n) is 8.72. The molecule has 0 radical (unpaired) electrons. The van der Waals surface area contributed by atoms with Crippen LogP contribution in [0.5, 0.6) is 0 Å². The maximum Gasteiger partial charge on any atom is 0.0702 e. The summed E-state index contributed by atoms with van der Waals surface area (Å²) < 4.78 is 0. The summed E-state index contributed by atoms with van der Waals surface area (Å²) in [5, 5.41) is 0. The van der Waals surface area contributed by atoms with E-state index in [9.17, 15) is 0 Å². The Hall–Kier alpha value is -1.63. The van der Waals surface area contributed by atoms with Gasteiger partial charge in [0, 0.05) is 11.8 Å². The molecule has 1 aromatic heterocycles. The van der Waals surface area contributed by atoms with Crippen molar-refractivity contribution in [3.63, 3.8) is 0 Å². The molecule has 0 saturated carbocycles. The van der Waals surface area contributed by atoms with E-state index in [4.69, 9.17) is 0 Å². The van der Waals surface area contributed by atoms with E-state index >= 15 is 0 Å². The molecule has 0 saturated heterocycles. The van der Waals surface area contributed by atoms with Gasteiger partial charge in [-0.25, -0.2) is 0 Å². The molecule has 22 heavy (non-hydrogen) atoms. The van der Waals surface area contributed by atoms with Crippen LogP contribution in [0.3, 0.4) is 0 Å².